The Bertz CT molecular complexity index is 637. The first-order chi connectivity index (χ1) is 10.1. The molecule has 2 rings (SSSR count). The zero-order chi connectivity index (χ0) is 15.2. The van der Waals surface area contributed by atoms with Gasteiger partial charge in [-0.25, -0.2) is 4.79 Å². The molecule has 0 aliphatic carbocycles. The number of hydrogen-bond donors (Lipinski definition) is 1. The maximum Gasteiger partial charge on any atom is 0.338 e. The van der Waals surface area contributed by atoms with E-state index in [0.717, 1.165) is 6.42 Å². The molecule has 1 aromatic carbocycles. The number of esters is 1. The highest BCUT2D eigenvalue weighted by Gasteiger charge is 2.12. The highest BCUT2D eigenvalue weighted by atomic mass is 35.5. The lowest BCUT2D eigenvalue weighted by molar-refractivity contribution is 0.0505. The van der Waals surface area contributed by atoms with E-state index in [-0.39, 0.29) is 11.9 Å². The number of anilines is 1. The summed E-state index contributed by atoms with van der Waals surface area (Å²) in [6.45, 7) is 2.33. The van der Waals surface area contributed by atoms with Gasteiger partial charge < -0.3 is 10.1 Å². The molecule has 0 unspecified atom stereocenters. The van der Waals surface area contributed by atoms with Gasteiger partial charge in [0, 0.05) is 5.69 Å². The number of hydrogen-bond acceptors (Lipinski definition) is 4. The van der Waals surface area contributed by atoms with Crippen LogP contribution in [0.3, 0.4) is 0 Å². The van der Waals surface area contributed by atoms with E-state index in [4.69, 9.17) is 16.3 Å². The molecule has 0 bridgehead atoms. The van der Waals surface area contributed by atoms with E-state index in [0.29, 0.717) is 27.8 Å². The lowest BCUT2D eigenvalue weighted by atomic mass is 10.2. The largest absolute Gasteiger partial charge is 0.462 e. The molecule has 21 heavy (non-hydrogen) atoms. The number of benzene rings is 1. The number of rotatable bonds is 5. The molecule has 0 fully saturated rings. The molecule has 1 amide bonds. The zero-order valence-corrected chi connectivity index (χ0v) is 13.0. The van der Waals surface area contributed by atoms with Crippen LogP contribution in [0.1, 0.15) is 33.4 Å². The molecule has 1 N–H and O–H groups in total. The van der Waals surface area contributed by atoms with Crippen LogP contribution in [0.15, 0.2) is 35.7 Å². The van der Waals surface area contributed by atoms with Crippen LogP contribution in [0.25, 0.3) is 0 Å². The molecule has 1 aromatic heterocycles. The Hall–Kier alpha value is -1.85. The number of carbonyl (C=O) groups is 2. The van der Waals surface area contributed by atoms with Gasteiger partial charge in [0.1, 0.15) is 4.88 Å². The second-order valence-corrected chi connectivity index (χ2v) is 5.59. The first-order valence-corrected chi connectivity index (χ1v) is 7.69. The number of thiophene rings is 1. The van der Waals surface area contributed by atoms with E-state index < -0.39 is 0 Å². The Morgan fingerprint density at radius 1 is 1.24 bits per heavy atom. The van der Waals surface area contributed by atoms with Crippen LogP contribution in [-0.4, -0.2) is 18.5 Å². The lowest BCUT2D eigenvalue weighted by Gasteiger charge is -2.06. The Morgan fingerprint density at radius 3 is 2.52 bits per heavy atom. The summed E-state index contributed by atoms with van der Waals surface area (Å²) in [4.78, 5) is 24.1. The van der Waals surface area contributed by atoms with E-state index in [1.165, 1.54) is 11.3 Å². The van der Waals surface area contributed by atoms with Gasteiger partial charge in [0.05, 0.1) is 17.2 Å². The molecule has 0 radical (unpaired) electrons. The van der Waals surface area contributed by atoms with Gasteiger partial charge in [-0.1, -0.05) is 18.5 Å². The summed E-state index contributed by atoms with van der Waals surface area (Å²) in [5.74, 6) is -0.632. The first-order valence-electron chi connectivity index (χ1n) is 6.43. The smallest absolute Gasteiger partial charge is 0.338 e. The van der Waals surface area contributed by atoms with Gasteiger partial charge in [-0.05, 0) is 42.1 Å². The van der Waals surface area contributed by atoms with Gasteiger partial charge in [-0.3, -0.25) is 4.79 Å². The van der Waals surface area contributed by atoms with Crippen molar-refractivity contribution in [1.82, 2.24) is 0 Å². The van der Waals surface area contributed by atoms with Crippen LogP contribution in [0, 0.1) is 0 Å². The van der Waals surface area contributed by atoms with Gasteiger partial charge in [-0.15, -0.1) is 11.3 Å². The van der Waals surface area contributed by atoms with Crippen molar-refractivity contribution in [3.63, 3.8) is 0 Å². The molecule has 0 saturated carbocycles. The SMILES string of the molecule is CCCOC(=O)c1ccc(NC(=O)c2sccc2Cl)cc1. The number of nitrogens with one attached hydrogen (secondary N) is 1. The molecule has 0 saturated heterocycles. The summed E-state index contributed by atoms with van der Waals surface area (Å²) in [5.41, 5.74) is 1.05. The third-order valence-corrected chi connectivity index (χ3v) is 3.98. The minimum absolute atomic E-state index is 0.267. The maximum atomic E-state index is 12.0. The quantitative estimate of drug-likeness (QED) is 0.838. The fraction of sp³-hybridized carbons (Fsp3) is 0.200. The second-order valence-electron chi connectivity index (χ2n) is 4.27. The number of carbonyl (C=O) groups excluding carboxylic acids is 2. The van der Waals surface area contributed by atoms with Crippen molar-refractivity contribution in [2.75, 3.05) is 11.9 Å². The molecule has 4 nitrogen and oxygen atoms in total. The maximum absolute atomic E-state index is 12.0. The van der Waals surface area contributed by atoms with Crippen LogP contribution >= 0.6 is 22.9 Å². The summed E-state index contributed by atoms with van der Waals surface area (Å²) >= 11 is 7.18. The highest BCUT2D eigenvalue weighted by molar-refractivity contribution is 7.12. The van der Waals surface area contributed by atoms with Crippen molar-refractivity contribution in [1.29, 1.82) is 0 Å². The Morgan fingerprint density at radius 2 is 1.95 bits per heavy atom. The van der Waals surface area contributed by atoms with Crippen LogP contribution in [0.5, 0.6) is 0 Å². The van der Waals surface area contributed by atoms with E-state index >= 15 is 0 Å². The van der Waals surface area contributed by atoms with Crippen molar-refractivity contribution < 1.29 is 14.3 Å². The standard InChI is InChI=1S/C15H14ClNO3S/c1-2-8-20-15(19)10-3-5-11(6-4-10)17-14(18)13-12(16)7-9-21-13/h3-7,9H,2,8H2,1H3,(H,17,18). The van der Waals surface area contributed by atoms with E-state index in [2.05, 4.69) is 5.32 Å². The van der Waals surface area contributed by atoms with Gasteiger partial charge in [0.15, 0.2) is 0 Å². The van der Waals surface area contributed by atoms with Crippen molar-refractivity contribution >= 4 is 40.5 Å². The van der Waals surface area contributed by atoms with E-state index in [1.54, 1.807) is 35.7 Å². The van der Waals surface area contributed by atoms with Gasteiger partial charge in [0.2, 0.25) is 0 Å². The summed E-state index contributed by atoms with van der Waals surface area (Å²) in [7, 11) is 0. The topological polar surface area (TPSA) is 55.4 Å². The average Bonchev–Trinajstić information content (AvgIpc) is 2.91. The fourth-order valence-corrected chi connectivity index (χ4v) is 2.65. The minimum Gasteiger partial charge on any atom is -0.462 e. The predicted octanol–water partition coefficient (Wildman–Crippen LogP) is 4.22. The molecular weight excluding hydrogens is 310 g/mol. The monoisotopic (exact) mass is 323 g/mol. The highest BCUT2D eigenvalue weighted by Crippen LogP contribution is 2.23. The fourth-order valence-electron chi connectivity index (χ4n) is 1.61. The predicted molar refractivity (Wildman–Crippen MR) is 84.3 cm³/mol. The first kappa shape index (κ1) is 15.5. The molecule has 6 heteroatoms. The summed E-state index contributed by atoms with van der Waals surface area (Å²) < 4.78 is 5.03. The van der Waals surface area contributed by atoms with Crippen LogP contribution in [0.2, 0.25) is 5.02 Å². The third-order valence-electron chi connectivity index (χ3n) is 2.64. The van der Waals surface area contributed by atoms with Crippen LogP contribution in [0.4, 0.5) is 5.69 Å². The van der Waals surface area contributed by atoms with Gasteiger partial charge in [-0.2, -0.15) is 0 Å². The third kappa shape index (κ3) is 4.06. The van der Waals surface area contributed by atoms with Crippen LogP contribution in [-0.2, 0) is 4.74 Å². The number of halogens is 1. The summed E-state index contributed by atoms with van der Waals surface area (Å²) in [5, 5.41) is 4.91. The lowest BCUT2D eigenvalue weighted by Crippen LogP contribution is -2.11. The number of amides is 1. The molecule has 0 atom stereocenters. The molecule has 0 aliphatic rings. The second kappa shape index (κ2) is 7.24. The molecule has 0 spiro atoms. The Labute approximate surface area is 131 Å². The van der Waals surface area contributed by atoms with Gasteiger partial charge in [0.25, 0.3) is 5.91 Å². The van der Waals surface area contributed by atoms with Crippen molar-refractivity contribution in [2.45, 2.75) is 13.3 Å². The van der Waals surface area contributed by atoms with E-state index in [9.17, 15) is 9.59 Å². The Kier molecular flexibility index (Phi) is 5.36. The number of ether oxygens (including phenoxy) is 1. The van der Waals surface area contributed by atoms with Crippen LogP contribution < -0.4 is 5.32 Å². The Balaban J connectivity index is 2.01. The molecular formula is C15H14ClNO3S. The molecule has 110 valence electrons. The van der Waals surface area contributed by atoms with Crippen molar-refractivity contribution in [3.05, 3.63) is 51.2 Å². The van der Waals surface area contributed by atoms with Crippen molar-refractivity contribution in [3.8, 4) is 0 Å². The molecule has 0 aliphatic heterocycles. The molecule has 2 aromatic rings. The zero-order valence-electron chi connectivity index (χ0n) is 11.4. The summed E-state index contributed by atoms with van der Waals surface area (Å²) in [6, 6.07) is 8.21. The van der Waals surface area contributed by atoms with Crippen molar-refractivity contribution in [2.24, 2.45) is 0 Å². The minimum atomic E-state index is -0.365. The average molecular weight is 324 g/mol. The summed E-state index contributed by atoms with van der Waals surface area (Å²) in [6.07, 6.45) is 0.779. The normalized spacial score (nSPS) is 10.2. The van der Waals surface area contributed by atoms with E-state index in [1.807, 2.05) is 6.92 Å². The van der Waals surface area contributed by atoms with Gasteiger partial charge >= 0.3 is 5.97 Å². The molecule has 1 heterocycles.